The smallest absolute Gasteiger partial charge is 0.269 e. The van der Waals surface area contributed by atoms with Crippen molar-refractivity contribution in [3.63, 3.8) is 0 Å². The summed E-state index contributed by atoms with van der Waals surface area (Å²) < 4.78 is 40.6. The van der Waals surface area contributed by atoms with Crippen LogP contribution in [0.3, 0.4) is 0 Å². The van der Waals surface area contributed by atoms with Gasteiger partial charge in [0.25, 0.3) is 6.43 Å². The topological polar surface area (TPSA) is 18.8 Å². The predicted molar refractivity (Wildman–Crippen MR) is 63.7 cm³/mol. The van der Waals surface area contributed by atoms with Crippen LogP contribution < -0.4 is 0 Å². The number of hydrogen-bond acceptors (Lipinski definition) is 1. The maximum absolute atomic E-state index is 12.6. The summed E-state index contributed by atoms with van der Waals surface area (Å²) in [6, 6.07) is 0.469. The number of guanidine groups is 1. The van der Waals surface area contributed by atoms with Gasteiger partial charge in [-0.05, 0) is 12.5 Å². The zero-order valence-electron chi connectivity index (χ0n) is 10.3. The first kappa shape index (κ1) is 15.3. The van der Waals surface area contributed by atoms with Crippen molar-refractivity contribution in [2.24, 2.45) is 4.66 Å². The van der Waals surface area contributed by atoms with Crippen LogP contribution in [0.15, 0.2) is 4.66 Å². The Balaban J connectivity index is 3.97. The zero-order valence-corrected chi connectivity index (χ0v) is 11.7. The highest BCUT2D eigenvalue weighted by molar-refractivity contribution is 6.35. The van der Waals surface area contributed by atoms with E-state index in [1.165, 1.54) is 0 Å². The molecule has 0 spiro atoms. The van der Waals surface area contributed by atoms with E-state index in [2.05, 4.69) is 4.66 Å². The molecule has 0 aromatic rings. The molecule has 0 fully saturated rings. The van der Waals surface area contributed by atoms with Crippen molar-refractivity contribution in [2.45, 2.75) is 25.1 Å². The van der Waals surface area contributed by atoms with Crippen LogP contribution in [0, 0.1) is 0 Å². The molecule has 7 heteroatoms. The minimum atomic E-state index is -2.86. The van der Waals surface area contributed by atoms with Crippen molar-refractivity contribution in [2.75, 3.05) is 28.2 Å². The monoisotopic (exact) mass is 255 g/mol. The Morgan fingerprint density at radius 1 is 1.12 bits per heavy atom. The second-order valence-corrected chi connectivity index (χ2v) is 5.43. The van der Waals surface area contributed by atoms with Gasteiger partial charge in [0, 0.05) is 28.2 Å². The van der Waals surface area contributed by atoms with Gasteiger partial charge >= 0.3 is 0 Å². The summed E-state index contributed by atoms with van der Waals surface area (Å²) in [5.41, 5.74) is 0. The summed E-state index contributed by atoms with van der Waals surface area (Å²) in [5, 5.41) is 0. The molecular weight excluding hydrogens is 235 g/mol. The maximum atomic E-state index is 12.6. The Kier molecular flexibility index (Phi) is 7.19. The molecule has 1 atom stereocenters. The van der Waals surface area contributed by atoms with Crippen molar-refractivity contribution in [3.8, 4) is 0 Å². The van der Waals surface area contributed by atoms with Crippen molar-refractivity contribution in [1.29, 1.82) is 0 Å². The van der Waals surface area contributed by atoms with E-state index >= 15 is 0 Å². The lowest BCUT2D eigenvalue weighted by Gasteiger charge is -2.22. The van der Waals surface area contributed by atoms with Crippen LogP contribution in [0.2, 0.25) is 6.04 Å². The van der Waals surface area contributed by atoms with Gasteiger partial charge in [0.15, 0.2) is 21.8 Å². The minimum Gasteiger partial charge on any atom is -0.350 e. The third-order valence-electron chi connectivity index (χ3n) is 1.96. The van der Waals surface area contributed by atoms with E-state index < -0.39 is 22.3 Å². The molecule has 16 heavy (non-hydrogen) atoms. The number of rotatable bonds is 5. The molecule has 0 aromatic heterocycles. The summed E-state index contributed by atoms with van der Waals surface area (Å²) in [6.07, 6.45) is -4.94. The van der Waals surface area contributed by atoms with Gasteiger partial charge in [-0.15, -0.1) is 0 Å². The van der Waals surface area contributed by atoms with E-state index in [0.29, 0.717) is 6.04 Å². The number of alkyl halides is 3. The van der Waals surface area contributed by atoms with Gasteiger partial charge in [-0.1, -0.05) is 0 Å². The third kappa shape index (κ3) is 5.99. The number of nitrogens with zero attached hydrogens (tertiary/aromatic N) is 3. The lowest BCUT2D eigenvalue weighted by atomic mass is 10.3. The van der Waals surface area contributed by atoms with E-state index in [0.717, 1.165) is 5.96 Å². The molecule has 0 aliphatic heterocycles. The van der Waals surface area contributed by atoms with E-state index in [-0.39, 0.29) is 6.42 Å². The summed E-state index contributed by atoms with van der Waals surface area (Å²) in [4.78, 5) is 3.71. The molecule has 0 saturated heterocycles. The number of hydrogen-bond donors (Lipinski definition) is 0. The molecule has 0 amide bonds. The molecule has 0 aromatic carbocycles. The third-order valence-corrected chi connectivity index (χ3v) is 3.20. The highest BCUT2D eigenvalue weighted by Gasteiger charge is 2.18. The van der Waals surface area contributed by atoms with Gasteiger partial charge in [-0.25, -0.2) is 13.2 Å². The second-order valence-electron chi connectivity index (χ2n) is 3.96. The molecule has 3 nitrogen and oxygen atoms in total. The van der Waals surface area contributed by atoms with Gasteiger partial charge in [-0.2, -0.15) is 0 Å². The largest absolute Gasteiger partial charge is 0.350 e. The van der Waals surface area contributed by atoms with Crippen molar-refractivity contribution in [1.82, 2.24) is 9.80 Å². The molecule has 1 unspecified atom stereocenters. The molecule has 0 radical (unpaired) electrons. The van der Waals surface area contributed by atoms with Crippen LogP contribution in [0.1, 0.15) is 6.42 Å². The quantitative estimate of drug-likeness (QED) is 0.315. The Hall–Kier alpha value is -0.723. The lowest BCUT2D eigenvalue weighted by Crippen LogP contribution is -2.35. The summed E-state index contributed by atoms with van der Waals surface area (Å²) in [7, 11) is 6.60. The van der Waals surface area contributed by atoms with Crippen LogP contribution in [0.25, 0.3) is 0 Å². The first-order valence-corrected chi connectivity index (χ1v) is 6.80. The Morgan fingerprint density at radius 2 is 1.62 bits per heavy atom. The van der Waals surface area contributed by atoms with Crippen molar-refractivity contribution >= 4 is 15.6 Å². The summed E-state index contributed by atoms with van der Waals surface area (Å²) in [5.74, 6) is 0.805. The van der Waals surface area contributed by atoms with Crippen LogP contribution in [-0.4, -0.2) is 66.2 Å². The van der Waals surface area contributed by atoms with Crippen LogP contribution in [-0.2, 0) is 0 Å². The zero-order chi connectivity index (χ0) is 12.7. The van der Waals surface area contributed by atoms with Crippen molar-refractivity contribution in [3.05, 3.63) is 0 Å². The Labute approximate surface area is 97.2 Å². The van der Waals surface area contributed by atoms with Crippen molar-refractivity contribution < 1.29 is 13.2 Å². The maximum Gasteiger partial charge on any atom is 0.269 e. The molecule has 0 heterocycles. The summed E-state index contributed by atoms with van der Waals surface area (Å²) in [6.45, 7) is 0. The lowest BCUT2D eigenvalue weighted by molar-refractivity contribution is 0.0482. The molecule has 0 N–H and O–H groups in total. The molecule has 0 bridgehead atoms. The molecule has 0 rings (SSSR count). The predicted octanol–water partition coefficient (Wildman–Crippen LogP) is 0.961. The van der Waals surface area contributed by atoms with E-state index in [4.69, 9.17) is 0 Å². The fraction of sp³-hybridized carbons (Fsp3) is 0.889. The standard InChI is InChI=1S/C9H20F3N3Si/c1-14(2)9(15(3)4)13-16-6-5-7(10)8(11)12/h7-8H,5-6,16H2,1-4H3. The summed E-state index contributed by atoms with van der Waals surface area (Å²) >= 11 is 0. The van der Waals surface area contributed by atoms with Crippen LogP contribution in [0.4, 0.5) is 13.2 Å². The van der Waals surface area contributed by atoms with E-state index in [9.17, 15) is 13.2 Å². The molecule has 0 aliphatic carbocycles. The van der Waals surface area contributed by atoms with Gasteiger partial charge in [0.2, 0.25) is 0 Å². The average Bonchev–Trinajstić information content (AvgIpc) is 2.15. The van der Waals surface area contributed by atoms with Crippen LogP contribution >= 0.6 is 0 Å². The van der Waals surface area contributed by atoms with Crippen LogP contribution in [0.5, 0.6) is 0 Å². The normalized spacial score (nSPS) is 13.2. The Bertz CT molecular complexity index is 212. The average molecular weight is 255 g/mol. The fourth-order valence-electron chi connectivity index (χ4n) is 1.27. The van der Waals surface area contributed by atoms with Gasteiger partial charge in [0.1, 0.15) is 0 Å². The second kappa shape index (κ2) is 7.53. The van der Waals surface area contributed by atoms with E-state index in [1.54, 1.807) is 0 Å². The molecule has 96 valence electrons. The highest BCUT2D eigenvalue weighted by Crippen LogP contribution is 2.11. The molecular formula is C9H20F3N3Si. The fourth-order valence-corrected chi connectivity index (χ4v) is 2.77. The first-order chi connectivity index (χ1) is 7.36. The van der Waals surface area contributed by atoms with E-state index in [1.807, 2.05) is 38.0 Å². The van der Waals surface area contributed by atoms with Gasteiger partial charge < -0.3 is 9.80 Å². The Morgan fingerprint density at radius 3 is 2.00 bits per heavy atom. The SMILES string of the molecule is CN(C)C(=N[SiH2]CCC(F)C(F)F)N(C)C. The minimum absolute atomic E-state index is 0.0818. The van der Waals surface area contributed by atoms with Gasteiger partial charge in [0.05, 0.1) is 0 Å². The first-order valence-electron chi connectivity index (χ1n) is 5.17. The van der Waals surface area contributed by atoms with Gasteiger partial charge in [-0.3, -0.25) is 4.66 Å². The number of halogens is 3. The molecule has 0 aliphatic rings. The molecule has 0 saturated carbocycles. The highest BCUT2D eigenvalue weighted by atomic mass is 28.2.